The van der Waals surface area contributed by atoms with Gasteiger partial charge in [0.2, 0.25) is 5.91 Å². The Labute approximate surface area is 235 Å². The van der Waals surface area contributed by atoms with E-state index in [4.69, 9.17) is 12.2 Å². The monoisotopic (exact) mass is 555 g/mol. The number of carbonyl (C=O) groups excluding carboxylic acids is 2. The van der Waals surface area contributed by atoms with E-state index >= 15 is 0 Å². The van der Waals surface area contributed by atoms with E-state index in [9.17, 15) is 19.7 Å². The van der Waals surface area contributed by atoms with Gasteiger partial charge in [-0.05, 0) is 64.2 Å². The van der Waals surface area contributed by atoms with Crippen molar-refractivity contribution in [1.82, 2.24) is 4.90 Å². The third-order valence-corrected chi connectivity index (χ3v) is 7.99. The first-order valence-corrected chi connectivity index (χ1v) is 13.8. The van der Waals surface area contributed by atoms with Gasteiger partial charge in [0.05, 0.1) is 9.83 Å². The number of anilines is 1. The number of nitro groups is 1. The number of carbonyl (C=O) groups is 2. The Balaban J connectivity index is 1.18. The maximum absolute atomic E-state index is 13.3. The quantitative estimate of drug-likeness (QED) is 0.0582. The number of non-ortho nitro benzene ring substituents is 1. The fourth-order valence-corrected chi connectivity index (χ4v) is 5.94. The van der Waals surface area contributed by atoms with E-state index in [0.29, 0.717) is 34.3 Å². The summed E-state index contributed by atoms with van der Waals surface area (Å²) in [5, 5.41) is 17.9. The van der Waals surface area contributed by atoms with E-state index in [-0.39, 0.29) is 17.5 Å². The Morgan fingerprint density at radius 2 is 1.59 bits per heavy atom. The molecular formula is C30H25N3O4S2. The Bertz CT molecular complexity index is 1580. The minimum Gasteiger partial charge on any atom is -0.326 e. The summed E-state index contributed by atoms with van der Waals surface area (Å²) in [4.78, 5) is 38.0. The first-order valence-electron chi connectivity index (χ1n) is 12.6. The zero-order valence-corrected chi connectivity index (χ0v) is 22.6. The van der Waals surface area contributed by atoms with Crippen molar-refractivity contribution in [2.45, 2.75) is 25.7 Å². The molecule has 9 heteroatoms. The predicted molar refractivity (Wildman–Crippen MR) is 162 cm³/mol. The van der Waals surface area contributed by atoms with Gasteiger partial charge < -0.3 is 5.32 Å². The summed E-state index contributed by atoms with van der Waals surface area (Å²) in [6.45, 7) is 0.502. The molecule has 0 saturated carbocycles. The summed E-state index contributed by atoms with van der Waals surface area (Å²) in [6.07, 6.45) is 4.43. The van der Waals surface area contributed by atoms with Crippen molar-refractivity contribution < 1.29 is 14.5 Å². The van der Waals surface area contributed by atoms with Crippen molar-refractivity contribution in [3.05, 3.63) is 99.4 Å². The first kappa shape index (κ1) is 26.5. The van der Waals surface area contributed by atoms with Crippen LogP contribution >= 0.6 is 24.0 Å². The fourth-order valence-electron chi connectivity index (χ4n) is 4.65. The lowest BCUT2D eigenvalue weighted by molar-refractivity contribution is -0.384. The Morgan fingerprint density at radius 3 is 2.23 bits per heavy atom. The normalized spacial score (nSPS) is 14.5. The van der Waals surface area contributed by atoms with Crippen LogP contribution in [0.3, 0.4) is 0 Å². The summed E-state index contributed by atoms with van der Waals surface area (Å²) < 4.78 is 0.548. The summed E-state index contributed by atoms with van der Waals surface area (Å²) in [5.74, 6) is -0.238. The van der Waals surface area contributed by atoms with Crippen LogP contribution < -0.4 is 5.32 Å². The second-order valence-corrected chi connectivity index (χ2v) is 10.9. The van der Waals surface area contributed by atoms with Crippen LogP contribution in [-0.2, 0) is 9.59 Å². The third kappa shape index (κ3) is 6.00. The number of rotatable bonds is 9. The van der Waals surface area contributed by atoms with Gasteiger partial charge in [0, 0.05) is 30.8 Å². The van der Waals surface area contributed by atoms with E-state index in [1.54, 1.807) is 4.90 Å². The van der Waals surface area contributed by atoms with Gasteiger partial charge in [0.25, 0.3) is 11.6 Å². The molecule has 0 unspecified atom stereocenters. The molecule has 1 aliphatic rings. The van der Waals surface area contributed by atoms with Crippen molar-refractivity contribution in [1.29, 1.82) is 0 Å². The summed E-state index contributed by atoms with van der Waals surface area (Å²) in [6, 6.07) is 24.3. The second-order valence-electron chi connectivity index (χ2n) is 9.23. The Morgan fingerprint density at radius 1 is 0.949 bits per heavy atom. The van der Waals surface area contributed by atoms with E-state index in [1.165, 1.54) is 36.0 Å². The van der Waals surface area contributed by atoms with E-state index < -0.39 is 4.92 Å². The van der Waals surface area contributed by atoms with Crippen molar-refractivity contribution in [3.63, 3.8) is 0 Å². The minimum absolute atomic E-state index is 0.0241. The molecule has 1 N–H and O–H groups in total. The highest BCUT2D eigenvalue weighted by Gasteiger charge is 2.31. The predicted octanol–water partition coefficient (Wildman–Crippen LogP) is 7.30. The Hall–Kier alpha value is -4.08. The molecule has 1 fully saturated rings. The third-order valence-electron chi connectivity index (χ3n) is 6.61. The number of hydrogen-bond donors (Lipinski definition) is 1. The summed E-state index contributed by atoms with van der Waals surface area (Å²) >= 11 is 6.87. The van der Waals surface area contributed by atoms with Crippen molar-refractivity contribution in [2.75, 3.05) is 11.9 Å². The van der Waals surface area contributed by atoms with Crippen LogP contribution in [-0.4, -0.2) is 32.5 Å². The lowest BCUT2D eigenvalue weighted by atomic mass is 9.96. The number of nitrogens with one attached hydrogen (secondary N) is 1. The summed E-state index contributed by atoms with van der Waals surface area (Å²) in [7, 11) is 0. The van der Waals surface area contributed by atoms with Crippen LogP contribution in [0.2, 0.25) is 0 Å². The number of fused-ring (bicyclic) bond motifs is 2. The van der Waals surface area contributed by atoms with Crippen LogP contribution in [0.4, 0.5) is 11.4 Å². The number of nitrogens with zero attached hydrogens (tertiary/aromatic N) is 2. The topological polar surface area (TPSA) is 92.6 Å². The molecule has 0 atom stereocenters. The Kier molecular flexibility index (Phi) is 7.99. The number of hydrogen-bond acceptors (Lipinski definition) is 6. The molecule has 0 bridgehead atoms. The number of thiocarbonyl (C=S) groups is 1. The number of amides is 2. The second kappa shape index (κ2) is 11.8. The molecule has 0 aromatic heterocycles. The number of benzene rings is 4. The number of unbranched alkanes of at least 4 members (excludes halogenated alkanes) is 2. The first-order chi connectivity index (χ1) is 18.9. The van der Waals surface area contributed by atoms with Gasteiger partial charge >= 0.3 is 0 Å². The molecule has 1 heterocycles. The average Bonchev–Trinajstić information content (AvgIpc) is 3.20. The minimum atomic E-state index is -0.481. The van der Waals surface area contributed by atoms with Gasteiger partial charge in [-0.3, -0.25) is 24.6 Å². The maximum Gasteiger partial charge on any atom is 0.269 e. The smallest absolute Gasteiger partial charge is 0.269 e. The summed E-state index contributed by atoms with van der Waals surface area (Å²) in [5.41, 5.74) is 1.51. The van der Waals surface area contributed by atoms with Crippen molar-refractivity contribution >= 4 is 79.1 Å². The number of nitro benzene ring substituents is 1. The molecule has 0 radical (unpaired) electrons. The molecule has 5 rings (SSSR count). The molecule has 1 saturated heterocycles. The molecule has 4 aromatic rings. The molecule has 196 valence electrons. The zero-order valence-electron chi connectivity index (χ0n) is 21.0. The fraction of sp³-hybridized carbons (Fsp3) is 0.167. The highest BCUT2D eigenvalue weighted by atomic mass is 32.2. The molecular weight excluding hydrogens is 530 g/mol. The zero-order chi connectivity index (χ0) is 27.4. The van der Waals surface area contributed by atoms with E-state index in [2.05, 4.69) is 35.6 Å². The van der Waals surface area contributed by atoms with Gasteiger partial charge in [-0.1, -0.05) is 78.9 Å². The maximum atomic E-state index is 13.3. The largest absolute Gasteiger partial charge is 0.326 e. The SMILES string of the molecule is O=C(CCCCCN1C(=O)/C(=C/c2c3ccccc3cc3ccccc23)SC1=S)Nc1ccc([N+](=O)[O-])cc1. The molecule has 1 aliphatic heterocycles. The van der Waals surface area contributed by atoms with Crippen molar-refractivity contribution in [3.8, 4) is 0 Å². The standard InChI is InChI=1S/C30H25N3O4S2/c34-28(31-22-13-15-23(16-14-22)33(36)37)12-2-1-7-17-32-29(35)27(39-30(32)38)19-26-24-10-5-3-8-20(24)18-21-9-4-6-11-25(21)26/h3-6,8-11,13-16,18-19H,1-2,7,12,17H2,(H,31,34)/b27-19-. The highest BCUT2D eigenvalue weighted by molar-refractivity contribution is 8.26. The van der Waals surface area contributed by atoms with Crippen LogP contribution in [0.15, 0.2) is 83.8 Å². The molecule has 2 amide bonds. The van der Waals surface area contributed by atoms with Gasteiger partial charge in [0.1, 0.15) is 4.32 Å². The molecule has 0 aliphatic carbocycles. The molecule has 39 heavy (non-hydrogen) atoms. The van der Waals surface area contributed by atoms with Crippen LogP contribution in [0, 0.1) is 10.1 Å². The molecule has 4 aromatic carbocycles. The van der Waals surface area contributed by atoms with Gasteiger partial charge in [-0.2, -0.15) is 0 Å². The lowest BCUT2D eigenvalue weighted by Gasteiger charge is -2.14. The van der Waals surface area contributed by atoms with Gasteiger partial charge in [0.15, 0.2) is 0 Å². The number of thioether (sulfide) groups is 1. The van der Waals surface area contributed by atoms with Crippen LogP contribution in [0.5, 0.6) is 0 Å². The van der Waals surface area contributed by atoms with Crippen LogP contribution in [0.25, 0.3) is 27.6 Å². The average molecular weight is 556 g/mol. The van der Waals surface area contributed by atoms with Crippen molar-refractivity contribution in [2.24, 2.45) is 0 Å². The molecule has 7 nitrogen and oxygen atoms in total. The van der Waals surface area contributed by atoms with Crippen LogP contribution in [0.1, 0.15) is 31.2 Å². The lowest BCUT2D eigenvalue weighted by Crippen LogP contribution is -2.29. The van der Waals surface area contributed by atoms with E-state index in [1.807, 2.05) is 30.3 Å². The van der Waals surface area contributed by atoms with Gasteiger partial charge in [-0.15, -0.1) is 0 Å². The highest BCUT2D eigenvalue weighted by Crippen LogP contribution is 2.36. The van der Waals surface area contributed by atoms with Gasteiger partial charge in [-0.25, -0.2) is 0 Å². The van der Waals surface area contributed by atoms with E-state index in [0.717, 1.165) is 39.9 Å². The molecule has 0 spiro atoms.